The molecule has 0 spiro atoms. The summed E-state index contributed by atoms with van der Waals surface area (Å²) in [7, 11) is 0. The summed E-state index contributed by atoms with van der Waals surface area (Å²) >= 11 is -0.281. The summed E-state index contributed by atoms with van der Waals surface area (Å²) in [4.78, 5) is 0. The molecule has 0 atom stereocenters. The minimum absolute atomic E-state index is 0.281. The van der Waals surface area contributed by atoms with E-state index in [9.17, 15) is 0 Å². The number of hydrogen-bond donors (Lipinski definition) is 0. The van der Waals surface area contributed by atoms with E-state index in [0.717, 1.165) is 0 Å². The summed E-state index contributed by atoms with van der Waals surface area (Å²) < 4.78 is 0. The van der Waals surface area contributed by atoms with Gasteiger partial charge in [0.05, 0.1) is 0 Å². The predicted molar refractivity (Wildman–Crippen MR) is 47.6 cm³/mol. The average molecular weight is 200 g/mol. The van der Waals surface area contributed by atoms with Gasteiger partial charge < -0.3 is 0 Å². The molecule has 0 N–H and O–H groups in total. The van der Waals surface area contributed by atoms with Crippen LogP contribution < -0.4 is 0 Å². The van der Waals surface area contributed by atoms with Gasteiger partial charge in [0.1, 0.15) is 0 Å². The zero-order chi connectivity index (χ0) is 7.40. The molecule has 0 bridgehead atoms. The zero-order valence-electron chi connectivity index (χ0n) is 6.50. The van der Waals surface area contributed by atoms with Crippen molar-refractivity contribution in [2.75, 3.05) is 0 Å². The van der Waals surface area contributed by atoms with Crippen LogP contribution in [-0.2, 0) is 5.32 Å². The SMILES string of the molecule is C[Se](C)Cc1ccccc1. The van der Waals surface area contributed by atoms with Gasteiger partial charge in [0, 0.05) is 0 Å². The van der Waals surface area contributed by atoms with Crippen LogP contribution in [0.5, 0.6) is 0 Å². The fourth-order valence-corrected chi connectivity index (χ4v) is 2.71. The summed E-state index contributed by atoms with van der Waals surface area (Å²) in [6.45, 7) is 0. The predicted octanol–water partition coefficient (Wildman–Crippen LogP) is 2.52. The summed E-state index contributed by atoms with van der Waals surface area (Å²) in [6.07, 6.45) is 0. The van der Waals surface area contributed by atoms with Crippen molar-refractivity contribution in [3.63, 3.8) is 0 Å². The Morgan fingerprint density at radius 3 is 2.20 bits per heavy atom. The van der Waals surface area contributed by atoms with Gasteiger partial charge in [-0.3, -0.25) is 0 Å². The Morgan fingerprint density at radius 1 is 1.10 bits per heavy atom. The normalized spacial score (nSPS) is 10.3. The quantitative estimate of drug-likeness (QED) is 0.643. The summed E-state index contributed by atoms with van der Waals surface area (Å²) in [5.41, 5.74) is 1.50. The molecule has 0 saturated carbocycles. The van der Waals surface area contributed by atoms with Crippen LogP contribution in [0.3, 0.4) is 0 Å². The Kier molecular flexibility index (Phi) is 2.98. The van der Waals surface area contributed by atoms with E-state index in [0.29, 0.717) is 0 Å². The minimum atomic E-state index is -0.281. The zero-order valence-corrected chi connectivity index (χ0v) is 8.22. The third-order valence-electron chi connectivity index (χ3n) is 1.30. The third kappa shape index (κ3) is 2.55. The van der Waals surface area contributed by atoms with Gasteiger partial charge in [0.2, 0.25) is 0 Å². The summed E-state index contributed by atoms with van der Waals surface area (Å²) in [5.74, 6) is 4.74. The summed E-state index contributed by atoms with van der Waals surface area (Å²) in [5, 5.41) is 1.32. The van der Waals surface area contributed by atoms with Crippen LogP contribution in [0.25, 0.3) is 0 Å². The van der Waals surface area contributed by atoms with Gasteiger partial charge in [-0.1, -0.05) is 0 Å². The van der Waals surface area contributed by atoms with E-state index < -0.39 is 0 Å². The van der Waals surface area contributed by atoms with Crippen molar-refractivity contribution >= 4 is 13.9 Å². The Hall–Kier alpha value is -0.261. The molecule has 55 valence electrons. The standard InChI is InChI=1S/C9H13Se/c1-10(2)8-9-6-4-3-5-7-9/h3-7H,8H2,1-2H3. The fraction of sp³-hybridized carbons (Fsp3) is 0.333. The first kappa shape index (κ1) is 7.84. The third-order valence-corrected chi connectivity index (χ3v) is 3.21. The monoisotopic (exact) mass is 201 g/mol. The van der Waals surface area contributed by atoms with E-state index in [2.05, 4.69) is 42.0 Å². The van der Waals surface area contributed by atoms with E-state index >= 15 is 0 Å². The Bertz CT molecular complexity index is 179. The van der Waals surface area contributed by atoms with E-state index in [1.54, 1.807) is 0 Å². The van der Waals surface area contributed by atoms with Crippen molar-refractivity contribution in [2.24, 2.45) is 0 Å². The number of benzene rings is 1. The molecular formula is C9H13Se. The van der Waals surface area contributed by atoms with Gasteiger partial charge in [-0.25, -0.2) is 0 Å². The van der Waals surface area contributed by atoms with Crippen LogP contribution in [0, 0.1) is 0 Å². The van der Waals surface area contributed by atoms with Crippen LogP contribution in [-0.4, -0.2) is 13.9 Å². The number of hydrogen-bond acceptors (Lipinski definition) is 0. The molecule has 1 radical (unpaired) electrons. The van der Waals surface area contributed by atoms with Crippen LogP contribution in [0.4, 0.5) is 0 Å². The molecule has 0 heterocycles. The molecule has 1 aromatic carbocycles. The van der Waals surface area contributed by atoms with Crippen molar-refractivity contribution in [2.45, 2.75) is 17.0 Å². The van der Waals surface area contributed by atoms with E-state index in [-0.39, 0.29) is 13.9 Å². The second-order valence-electron chi connectivity index (χ2n) is 2.62. The topological polar surface area (TPSA) is 0 Å². The van der Waals surface area contributed by atoms with Crippen molar-refractivity contribution in [1.29, 1.82) is 0 Å². The maximum atomic E-state index is 2.37. The molecule has 0 aliphatic heterocycles. The Labute approximate surface area is 67.2 Å². The van der Waals surface area contributed by atoms with Gasteiger partial charge in [-0.05, 0) is 0 Å². The molecule has 0 nitrogen and oxygen atoms in total. The van der Waals surface area contributed by atoms with Crippen LogP contribution in [0.15, 0.2) is 30.3 Å². The Morgan fingerprint density at radius 2 is 1.70 bits per heavy atom. The molecule has 0 aliphatic rings. The molecule has 0 aromatic heterocycles. The average Bonchev–Trinajstić information content (AvgIpc) is 1.88. The maximum absolute atomic E-state index is 2.37. The molecule has 1 heteroatoms. The van der Waals surface area contributed by atoms with Crippen molar-refractivity contribution in [1.82, 2.24) is 0 Å². The molecule has 0 unspecified atom stereocenters. The van der Waals surface area contributed by atoms with Gasteiger partial charge >= 0.3 is 66.8 Å². The first-order chi connectivity index (χ1) is 4.79. The molecule has 0 aliphatic carbocycles. The van der Waals surface area contributed by atoms with Gasteiger partial charge in [0.15, 0.2) is 0 Å². The van der Waals surface area contributed by atoms with Crippen LogP contribution in [0.2, 0.25) is 11.6 Å². The Balaban J connectivity index is 2.59. The molecule has 0 amide bonds. The van der Waals surface area contributed by atoms with Gasteiger partial charge in [0.25, 0.3) is 0 Å². The van der Waals surface area contributed by atoms with Gasteiger partial charge in [-0.2, -0.15) is 0 Å². The molecular weight excluding hydrogens is 187 g/mol. The molecule has 10 heavy (non-hydrogen) atoms. The molecule has 0 saturated heterocycles. The van der Waals surface area contributed by atoms with Crippen LogP contribution in [0.1, 0.15) is 5.56 Å². The first-order valence-corrected chi connectivity index (χ1v) is 8.01. The molecule has 1 aromatic rings. The molecule has 0 fully saturated rings. The van der Waals surface area contributed by atoms with Crippen molar-refractivity contribution in [3.8, 4) is 0 Å². The first-order valence-electron chi connectivity index (χ1n) is 3.37. The second kappa shape index (κ2) is 3.80. The summed E-state index contributed by atoms with van der Waals surface area (Å²) in [6, 6.07) is 10.7. The fourth-order valence-electron chi connectivity index (χ4n) is 0.908. The van der Waals surface area contributed by atoms with Crippen molar-refractivity contribution in [3.05, 3.63) is 35.9 Å². The van der Waals surface area contributed by atoms with Crippen molar-refractivity contribution < 1.29 is 0 Å². The van der Waals surface area contributed by atoms with E-state index in [1.165, 1.54) is 10.9 Å². The number of rotatable bonds is 2. The van der Waals surface area contributed by atoms with E-state index in [4.69, 9.17) is 0 Å². The van der Waals surface area contributed by atoms with Crippen LogP contribution >= 0.6 is 0 Å². The van der Waals surface area contributed by atoms with Gasteiger partial charge in [-0.15, -0.1) is 0 Å². The second-order valence-corrected chi connectivity index (χ2v) is 7.36. The molecule has 1 rings (SSSR count). The van der Waals surface area contributed by atoms with E-state index in [1.807, 2.05) is 0 Å².